The van der Waals surface area contributed by atoms with Crippen LogP contribution in [0.3, 0.4) is 0 Å². The zero-order chi connectivity index (χ0) is 15.3. The number of nitrogens with zero attached hydrogens (tertiary/aromatic N) is 2. The van der Waals surface area contributed by atoms with Crippen LogP contribution >= 0.6 is 15.9 Å². The molecule has 0 saturated heterocycles. The van der Waals surface area contributed by atoms with Crippen LogP contribution in [-0.4, -0.2) is 53.6 Å². The molecule has 112 valence electrons. The lowest BCUT2D eigenvalue weighted by Gasteiger charge is -2.27. The van der Waals surface area contributed by atoms with Crippen molar-refractivity contribution in [3.63, 3.8) is 0 Å². The molecule has 1 aromatic rings. The van der Waals surface area contributed by atoms with Crippen LogP contribution in [0.25, 0.3) is 0 Å². The first-order valence-corrected chi connectivity index (χ1v) is 7.36. The highest BCUT2D eigenvalue weighted by Gasteiger charge is 2.19. The minimum atomic E-state index is -0.796. The van der Waals surface area contributed by atoms with Crippen LogP contribution in [0.15, 0.2) is 28.7 Å². The Morgan fingerprint density at radius 2 is 1.90 bits per heavy atom. The predicted octanol–water partition coefficient (Wildman–Crippen LogP) is 2.11. The lowest BCUT2D eigenvalue weighted by Crippen LogP contribution is -2.42. The van der Waals surface area contributed by atoms with E-state index in [0.29, 0.717) is 19.6 Å². The third kappa shape index (κ3) is 6.03. The van der Waals surface area contributed by atoms with E-state index in [-0.39, 0.29) is 5.91 Å². The molecule has 0 spiro atoms. The molecule has 0 saturated carbocycles. The van der Waals surface area contributed by atoms with Gasteiger partial charge in [0, 0.05) is 24.6 Å². The average molecular weight is 343 g/mol. The summed E-state index contributed by atoms with van der Waals surface area (Å²) in [6.45, 7) is 4.79. The second kappa shape index (κ2) is 7.20. The smallest absolute Gasteiger partial charge is 0.236 e. The number of hydrogen-bond donors (Lipinski definition) is 1. The van der Waals surface area contributed by atoms with E-state index >= 15 is 0 Å². The topological polar surface area (TPSA) is 43.8 Å². The van der Waals surface area contributed by atoms with E-state index in [1.165, 1.54) is 0 Å². The van der Waals surface area contributed by atoms with Gasteiger partial charge in [0.25, 0.3) is 0 Å². The van der Waals surface area contributed by atoms with Crippen molar-refractivity contribution >= 4 is 21.8 Å². The van der Waals surface area contributed by atoms with Crippen molar-refractivity contribution in [2.75, 3.05) is 27.2 Å². The molecule has 0 aliphatic rings. The minimum absolute atomic E-state index is 0.0347. The number of amides is 1. The van der Waals surface area contributed by atoms with Gasteiger partial charge < -0.3 is 10.0 Å². The Morgan fingerprint density at radius 3 is 2.45 bits per heavy atom. The molecule has 0 fully saturated rings. The molecular weight excluding hydrogens is 320 g/mol. The summed E-state index contributed by atoms with van der Waals surface area (Å²) in [5.74, 6) is 0.0347. The van der Waals surface area contributed by atoms with Gasteiger partial charge in [0.05, 0.1) is 12.1 Å². The van der Waals surface area contributed by atoms with Gasteiger partial charge >= 0.3 is 0 Å². The van der Waals surface area contributed by atoms with E-state index in [9.17, 15) is 9.90 Å². The molecule has 0 radical (unpaired) electrons. The van der Waals surface area contributed by atoms with Gasteiger partial charge in [-0.3, -0.25) is 9.69 Å². The first kappa shape index (κ1) is 17.1. The molecule has 0 aliphatic heterocycles. The largest absolute Gasteiger partial charge is 0.389 e. The fourth-order valence-electron chi connectivity index (χ4n) is 2.04. The number of rotatable bonds is 6. The first-order valence-electron chi connectivity index (χ1n) is 6.57. The molecule has 0 bridgehead atoms. The van der Waals surface area contributed by atoms with Crippen LogP contribution in [0.1, 0.15) is 19.4 Å². The Labute approximate surface area is 129 Å². The molecule has 0 heterocycles. The number of likely N-dealkylation sites (N-methyl/N-ethyl adjacent to an activating group) is 2. The molecule has 0 atom stereocenters. The summed E-state index contributed by atoms with van der Waals surface area (Å²) in [4.78, 5) is 15.7. The monoisotopic (exact) mass is 342 g/mol. The average Bonchev–Trinajstić information content (AvgIpc) is 2.29. The molecule has 0 aromatic heterocycles. The lowest BCUT2D eigenvalue weighted by atomic mass is 10.1. The van der Waals surface area contributed by atoms with Crippen LogP contribution in [0.5, 0.6) is 0 Å². The highest BCUT2D eigenvalue weighted by molar-refractivity contribution is 9.10. The van der Waals surface area contributed by atoms with E-state index in [2.05, 4.69) is 15.9 Å². The maximum absolute atomic E-state index is 12.1. The zero-order valence-corrected chi connectivity index (χ0v) is 14.1. The zero-order valence-electron chi connectivity index (χ0n) is 12.6. The Balaban J connectivity index is 2.53. The fraction of sp³-hybridized carbons (Fsp3) is 0.533. The Kier molecular flexibility index (Phi) is 6.17. The van der Waals surface area contributed by atoms with Gasteiger partial charge in [-0.2, -0.15) is 0 Å². The van der Waals surface area contributed by atoms with Crippen LogP contribution < -0.4 is 0 Å². The summed E-state index contributed by atoms with van der Waals surface area (Å²) in [5, 5.41) is 9.74. The molecule has 4 nitrogen and oxygen atoms in total. The standard InChI is InChI=1S/C15H23BrN2O2/c1-15(2,20)11-17(3)10-14(19)18(4)9-12-7-5-6-8-13(12)16/h5-8,20H,9-11H2,1-4H3. The van der Waals surface area contributed by atoms with Crippen LogP contribution in [0.2, 0.25) is 0 Å². The highest BCUT2D eigenvalue weighted by atomic mass is 79.9. The van der Waals surface area contributed by atoms with E-state index < -0.39 is 5.60 Å². The number of halogens is 1. The Morgan fingerprint density at radius 1 is 1.30 bits per heavy atom. The SMILES string of the molecule is CN(CC(=O)N(C)Cc1ccccc1Br)CC(C)(C)O. The maximum atomic E-state index is 12.1. The third-order valence-electron chi connectivity index (χ3n) is 2.85. The number of carbonyl (C=O) groups is 1. The molecule has 1 aromatic carbocycles. The van der Waals surface area contributed by atoms with Crippen molar-refractivity contribution in [3.8, 4) is 0 Å². The second-order valence-corrected chi connectivity index (χ2v) is 6.68. The normalized spacial score (nSPS) is 11.8. The molecule has 0 unspecified atom stereocenters. The summed E-state index contributed by atoms with van der Waals surface area (Å²) in [5.41, 5.74) is 0.282. The Bertz CT molecular complexity index is 457. The number of aliphatic hydroxyl groups is 1. The summed E-state index contributed by atoms with van der Waals surface area (Å²) < 4.78 is 1.00. The molecule has 0 aliphatic carbocycles. The van der Waals surface area contributed by atoms with Gasteiger partial charge in [-0.05, 0) is 32.5 Å². The van der Waals surface area contributed by atoms with E-state index in [0.717, 1.165) is 10.0 Å². The second-order valence-electron chi connectivity index (χ2n) is 5.83. The molecule has 1 N–H and O–H groups in total. The summed E-state index contributed by atoms with van der Waals surface area (Å²) in [6, 6.07) is 7.87. The van der Waals surface area contributed by atoms with Gasteiger partial charge in [0.15, 0.2) is 0 Å². The fourth-order valence-corrected chi connectivity index (χ4v) is 2.45. The van der Waals surface area contributed by atoms with Crippen molar-refractivity contribution in [3.05, 3.63) is 34.3 Å². The van der Waals surface area contributed by atoms with Crippen molar-refractivity contribution in [1.82, 2.24) is 9.80 Å². The van der Waals surface area contributed by atoms with E-state index in [1.54, 1.807) is 25.8 Å². The van der Waals surface area contributed by atoms with Crippen LogP contribution in [0, 0.1) is 0 Å². The van der Waals surface area contributed by atoms with Gasteiger partial charge in [0.1, 0.15) is 0 Å². The Hall–Kier alpha value is -0.910. The molecule has 5 heteroatoms. The van der Waals surface area contributed by atoms with Gasteiger partial charge in [-0.1, -0.05) is 34.1 Å². The number of carbonyl (C=O) groups excluding carboxylic acids is 1. The van der Waals surface area contributed by atoms with Crippen molar-refractivity contribution in [2.45, 2.75) is 26.0 Å². The van der Waals surface area contributed by atoms with Crippen molar-refractivity contribution in [1.29, 1.82) is 0 Å². The quantitative estimate of drug-likeness (QED) is 0.860. The predicted molar refractivity (Wildman–Crippen MR) is 84.4 cm³/mol. The van der Waals surface area contributed by atoms with Crippen molar-refractivity contribution in [2.24, 2.45) is 0 Å². The minimum Gasteiger partial charge on any atom is -0.389 e. The number of hydrogen-bond acceptors (Lipinski definition) is 3. The summed E-state index contributed by atoms with van der Waals surface area (Å²) in [6.07, 6.45) is 0. The molecular formula is C15H23BrN2O2. The van der Waals surface area contributed by atoms with E-state index in [1.807, 2.05) is 36.2 Å². The number of benzene rings is 1. The van der Waals surface area contributed by atoms with Crippen LogP contribution in [-0.2, 0) is 11.3 Å². The van der Waals surface area contributed by atoms with E-state index in [4.69, 9.17) is 0 Å². The summed E-state index contributed by atoms with van der Waals surface area (Å²) >= 11 is 3.48. The lowest BCUT2D eigenvalue weighted by molar-refractivity contribution is -0.131. The molecule has 20 heavy (non-hydrogen) atoms. The van der Waals surface area contributed by atoms with Crippen LogP contribution in [0.4, 0.5) is 0 Å². The highest BCUT2D eigenvalue weighted by Crippen LogP contribution is 2.17. The molecule has 1 rings (SSSR count). The van der Waals surface area contributed by atoms with Crippen molar-refractivity contribution < 1.29 is 9.90 Å². The van der Waals surface area contributed by atoms with Gasteiger partial charge in [-0.25, -0.2) is 0 Å². The van der Waals surface area contributed by atoms with Gasteiger partial charge in [-0.15, -0.1) is 0 Å². The first-order chi connectivity index (χ1) is 9.19. The molecule has 1 amide bonds. The third-order valence-corrected chi connectivity index (χ3v) is 3.63. The maximum Gasteiger partial charge on any atom is 0.236 e. The van der Waals surface area contributed by atoms with Gasteiger partial charge in [0.2, 0.25) is 5.91 Å². The summed E-state index contributed by atoms with van der Waals surface area (Å²) in [7, 11) is 3.63.